The van der Waals surface area contributed by atoms with Gasteiger partial charge in [-0.05, 0) is 19.3 Å². The minimum absolute atomic E-state index is 0.137. The Morgan fingerprint density at radius 1 is 1.41 bits per heavy atom. The molecule has 0 saturated carbocycles. The average molecular weight is 269 g/mol. The van der Waals surface area contributed by atoms with Crippen molar-refractivity contribution in [3.8, 4) is 0 Å². The summed E-state index contributed by atoms with van der Waals surface area (Å²) in [4.78, 5) is 9.00. The van der Waals surface area contributed by atoms with Gasteiger partial charge in [0.25, 0.3) is 0 Å². The summed E-state index contributed by atoms with van der Waals surface area (Å²) in [6, 6.07) is 0. The van der Waals surface area contributed by atoms with Gasteiger partial charge in [-0.2, -0.15) is 0 Å². The summed E-state index contributed by atoms with van der Waals surface area (Å²) >= 11 is 3.49. The van der Waals surface area contributed by atoms with Crippen molar-refractivity contribution >= 4 is 28.3 Å². The van der Waals surface area contributed by atoms with E-state index >= 15 is 0 Å². The molecule has 0 amide bonds. The van der Waals surface area contributed by atoms with Crippen molar-refractivity contribution in [3.05, 3.63) is 16.6 Å². The fraction of sp³-hybridized carbons (Fsp3) is 0.667. The molecule has 3 nitrogen and oxygen atoms in total. The number of hydrogen-bond acceptors (Lipinski definition) is 5. The number of aromatic nitrogens is 1. The van der Waals surface area contributed by atoms with Crippen molar-refractivity contribution in [1.29, 1.82) is 0 Å². The van der Waals surface area contributed by atoms with Gasteiger partial charge in [-0.25, -0.2) is 4.98 Å². The Bertz CT molecular complexity index is 407. The lowest BCUT2D eigenvalue weighted by atomic mass is 9.97. The molecule has 0 aliphatic carbocycles. The van der Waals surface area contributed by atoms with Gasteiger partial charge in [0, 0.05) is 23.9 Å². The predicted octanol–water partition coefficient (Wildman–Crippen LogP) is 3.10. The molecule has 0 spiro atoms. The first-order valence-electron chi connectivity index (χ1n) is 5.74. The molecule has 1 aliphatic rings. The normalized spacial score (nSPS) is 19.9. The van der Waals surface area contributed by atoms with Crippen LogP contribution < -0.4 is 5.32 Å². The van der Waals surface area contributed by atoms with E-state index in [1.165, 1.54) is 0 Å². The molecular weight excluding hydrogens is 250 g/mol. The molecule has 1 aromatic rings. The molecule has 0 radical (unpaired) electrons. The zero-order valence-electron chi connectivity index (χ0n) is 10.8. The van der Waals surface area contributed by atoms with Gasteiger partial charge in [0.1, 0.15) is 5.01 Å². The number of rotatable bonds is 2. The molecule has 5 heteroatoms. The predicted molar refractivity (Wildman–Crippen MR) is 76.8 cm³/mol. The lowest BCUT2D eigenvalue weighted by Gasteiger charge is -2.31. The maximum absolute atomic E-state index is 4.62. The summed E-state index contributed by atoms with van der Waals surface area (Å²) in [7, 11) is 0. The smallest absolute Gasteiger partial charge is 0.157 e. The van der Waals surface area contributed by atoms with E-state index in [1.54, 1.807) is 11.3 Å². The Labute approximate surface area is 111 Å². The highest BCUT2D eigenvalue weighted by atomic mass is 32.2. The Hall–Kier alpha value is -0.550. The third kappa shape index (κ3) is 3.22. The van der Waals surface area contributed by atoms with Gasteiger partial charge >= 0.3 is 0 Å². The van der Waals surface area contributed by atoms with Crippen LogP contribution >= 0.6 is 23.1 Å². The van der Waals surface area contributed by atoms with Crippen LogP contribution in [0.5, 0.6) is 0 Å². The molecule has 0 fully saturated rings. The Morgan fingerprint density at radius 3 is 2.71 bits per heavy atom. The van der Waals surface area contributed by atoms with Crippen LogP contribution in [0, 0.1) is 5.41 Å². The summed E-state index contributed by atoms with van der Waals surface area (Å²) < 4.78 is 0. The van der Waals surface area contributed by atoms with Crippen LogP contribution in [-0.2, 0) is 5.54 Å². The van der Waals surface area contributed by atoms with Crippen LogP contribution in [0.2, 0.25) is 0 Å². The Kier molecular flexibility index (Phi) is 3.50. The second-order valence-corrected chi connectivity index (χ2v) is 7.52. The summed E-state index contributed by atoms with van der Waals surface area (Å²) in [5.41, 5.74) is 0.183. The van der Waals surface area contributed by atoms with E-state index in [9.17, 15) is 0 Å². The number of hydrogen-bond donors (Lipinski definition) is 1. The van der Waals surface area contributed by atoms with E-state index in [2.05, 4.69) is 43.0 Å². The van der Waals surface area contributed by atoms with Crippen molar-refractivity contribution in [2.45, 2.75) is 33.2 Å². The summed E-state index contributed by atoms with van der Waals surface area (Å²) in [6.07, 6.45) is 1.85. The van der Waals surface area contributed by atoms with Crippen molar-refractivity contribution in [2.75, 3.05) is 12.3 Å². The van der Waals surface area contributed by atoms with Gasteiger partial charge in [0.05, 0.1) is 5.54 Å². The molecule has 1 N–H and O–H groups in total. The Morgan fingerprint density at radius 2 is 2.18 bits per heavy atom. The summed E-state index contributed by atoms with van der Waals surface area (Å²) in [5.74, 6) is 1.12. The third-order valence-electron chi connectivity index (χ3n) is 2.64. The number of amidine groups is 1. The number of nitrogens with zero attached hydrogens (tertiary/aromatic N) is 2. The van der Waals surface area contributed by atoms with Crippen molar-refractivity contribution in [1.82, 2.24) is 10.3 Å². The first-order valence-corrected chi connectivity index (χ1v) is 7.61. The molecule has 0 atom stereocenters. The largest absolute Gasteiger partial charge is 0.354 e. The van der Waals surface area contributed by atoms with Crippen molar-refractivity contribution in [2.24, 2.45) is 10.4 Å². The molecule has 2 rings (SSSR count). The number of thioether (sulfide) groups is 1. The summed E-state index contributed by atoms with van der Waals surface area (Å²) in [6.45, 7) is 9.71. The van der Waals surface area contributed by atoms with E-state index in [1.807, 2.05) is 23.3 Å². The molecule has 1 aromatic heterocycles. The first kappa shape index (κ1) is 12.9. The maximum atomic E-state index is 4.62. The first-order chi connectivity index (χ1) is 7.89. The van der Waals surface area contributed by atoms with Crippen LogP contribution in [0.25, 0.3) is 0 Å². The quantitative estimate of drug-likeness (QED) is 0.896. The van der Waals surface area contributed by atoms with Crippen LogP contribution in [0.3, 0.4) is 0 Å². The highest BCUT2D eigenvalue weighted by Gasteiger charge is 2.28. The summed E-state index contributed by atoms with van der Waals surface area (Å²) in [5, 5.41) is 7.66. The lowest BCUT2D eigenvalue weighted by molar-refractivity contribution is 0.430. The molecule has 0 bridgehead atoms. The molecule has 2 heterocycles. The SMILES string of the molecule is CC1(C)CN=C(NC(C)(C)c2nccs2)SC1. The standard InChI is InChI=1S/C12H19N3S2/c1-11(2)7-14-10(17-8-11)15-12(3,4)9-13-5-6-16-9/h5-6H,7-8H2,1-4H3,(H,14,15). The van der Waals surface area contributed by atoms with E-state index in [0.29, 0.717) is 5.41 Å². The highest BCUT2D eigenvalue weighted by Crippen LogP contribution is 2.29. The third-order valence-corrected chi connectivity index (χ3v) is 5.16. The highest BCUT2D eigenvalue weighted by molar-refractivity contribution is 8.13. The van der Waals surface area contributed by atoms with Gasteiger partial charge < -0.3 is 5.32 Å². The van der Waals surface area contributed by atoms with Crippen LogP contribution in [0.4, 0.5) is 0 Å². The van der Waals surface area contributed by atoms with Gasteiger partial charge in [-0.3, -0.25) is 4.99 Å². The van der Waals surface area contributed by atoms with Crippen molar-refractivity contribution in [3.63, 3.8) is 0 Å². The van der Waals surface area contributed by atoms with E-state index in [0.717, 1.165) is 22.5 Å². The minimum atomic E-state index is -0.137. The number of thiazole rings is 1. The second-order valence-electron chi connectivity index (χ2n) is 5.66. The number of nitrogens with one attached hydrogen (secondary N) is 1. The second kappa shape index (κ2) is 4.61. The molecule has 0 unspecified atom stereocenters. The molecule has 0 saturated heterocycles. The Balaban J connectivity index is 2.05. The van der Waals surface area contributed by atoms with Gasteiger partial charge in [0.2, 0.25) is 0 Å². The van der Waals surface area contributed by atoms with Crippen LogP contribution in [-0.4, -0.2) is 22.4 Å². The minimum Gasteiger partial charge on any atom is -0.354 e. The fourth-order valence-corrected chi connectivity index (χ4v) is 3.39. The van der Waals surface area contributed by atoms with E-state index < -0.39 is 0 Å². The zero-order chi connectivity index (χ0) is 12.5. The molecule has 94 valence electrons. The van der Waals surface area contributed by atoms with Crippen LogP contribution in [0.1, 0.15) is 32.7 Å². The maximum Gasteiger partial charge on any atom is 0.157 e. The van der Waals surface area contributed by atoms with Gasteiger partial charge in [0.15, 0.2) is 5.17 Å². The van der Waals surface area contributed by atoms with Gasteiger partial charge in [-0.15, -0.1) is 11.3 Å². The average Bonchev–Trinajstić information content (AvgIpc) is 2.75. The van der Waals surface area contributed by atoms with Crippen molar-refractivity contribution < 1.29 is 0 Å². The number of aliphatic imine (C=N–C) groups is 1. The molecular formula is C12H19N3S2. The fourth-order valence-electron chi connectivity index (χ4n) is 1.57. The van der Waals surface area contributed by atoms with Gasteiger partial charge in [-0.1, -0.05) is 25.6 Å². The van der Waals surface area contributed by atoms with E-state index in [-0.39, 0.29) is 5.54 Å². The monoisotopic (exact) mass is 269 g/mol. The van der Waals surface area contributed by atoms with Crippen LogP contribution in [0.15, 0.2) is 16.6 Å². The lowest BCUT2D eigenvalue weighted by Crippen LogP contribution is -2.42. The molecule has 17 heavy (non-hydrogen) atoms. The molecule has 1 aliphatic heterocycles. The molecule has 0 aromatic carbocycles. The van der Waals surface area contributed by atoms with E-state index in [4.69, 9.17) is 0 Å². The topological polar surface area (TPSA) is 37.3 Å². The zero-order valence-corrected chi connectivity index (χ0v) is 12.4.